The number of aliphatic carboxylic acids is 1. The van der Waals surface area contributed by atoms with Gasteiger partial charge >= 0.3 is 12.0 Å². The minimum Gasteiger partial charge on any atom is -0.480 e. The third kappa shape index (κ3) is 4.73. The SMILES string of the molecule is CCC(C)[C@H](NC(=O)NC(C)c1ccccc1F)C(=O)O. The fourth-order valence-electron chi connectivity index (χ4n) is 1.97. The molecule has 0 fully saturated rings. The van der Waals surface area contributed by atoms with Crippen LogP contribution < -0.4 is 10.6 Å². The normalized spacial score (nSPS) is 14.9. The molecule has 0 radical (unpaired) electrons. The molecule has 6 heteroatoms. The van der Waals surface area contributed by atoms with Gasteiger partial charge in [-0.1, -0.05) is 38.5 Å². The lowest BCUT2D eigenvalue weighted by atomic mass is 9.99. The molecule has 1 aromatic rings. The first-order valence-corrected chi connectivity index (χ1v) is 6.91. The van der Waals surface area contributed by atoms with Gasteiger partial charge in [-0.05, 0) is 18.9 Å². The maximum atomic E-state index is 13.6. The molecule has 2 amide bonds. The molecule has 116 valence electrons. The van der Waals surface area contributed by atoms with E-state index in [1.807, 2.05) is 6.92 Å². The number of amides is 2. The summed E-state index contributed by atoms with van der Waals surface area (Å²) < 4.78 is 13.6. The van der Waals surface area contributed by atoms with Crippen LogP contribution in [0.1, 0.15) is 38.8 Å². The van der Waals surface area contributed by atoms with Crippen LogP contribution >= 0.6 is 0 Å². The van der Waals surface area contributed by atoms with E-state index in [1.165, 1.54) is 6.07 Å². The fourth-order valence-corrected chi connectivity index (χ4v) is 1.97. The number of rotatable bonds is 6. The van der Waals surface area contributed by atoms with Gasteiger partial charge in [-0.25, -0.2) is 14.0 Å². The summed E-state index contributed by atoms with van der Waals surface area (Å²) in [5.41, 5.74) is 0.350. The predicted octanol–water partition coefficient (Wildman–Crippen LogP) is 2.69. The van der Waals surface area contributed by atoms with Gasteiger partial charge in [0.05, 0.1) is 6.04 Å². The maximum Gasteiger partial charge on any atom is 0.326 e. The van der Waals surface area contributed by atoms with Crippen LogP contribution in [0.2, 0.25) is 0 Å². The van der Waals surface area contributed by atoms with Gasteiger partial charge in [0.1, 0.15) is 11.9 Å². The first-order chi connectivity index (χ1) is 9.86. The number of urea groups is 1. The number of carbonyl (C=O) groups excluding carboxylic acids is 1. The Hall–Kier alpha value is -2.11. The van der Waals surface area contributed by atoms with E-state index in [-0.39, 0.29) is 5.92 Å². The number of halogens is 1. The summed E-state index contributed by atoms with van der Waals surface area (Å²) in [5.74, 6) is -1.70. The van der Waals surface area contributed by atoms with Gasteiger partial charge in [0.15, 0.2) is 0 Å². The monoisotopic (exact) mass is 296 g/mol. The quantitative estimate of drug-likeness (QED) is 0.755. The molecular weight excluding hydrogens is 275 g/mol. The second-order valence-electron chi connectivity index (χ2n) is 5.06. The largest absolute Gasteiger partial charge is 0.480 e. The van der Waals surface area contributed by atoms with Crippen LogP contribution in [-0.2, 0) is 4.79 Å². The highest BCUT2D eigenvalue weighted by Crippen LogP contribution is 2.16. The number of carbonyl (C=O) groups is 2. The van der Waals surface area contributed by atoms with Crippen molar-refractivity contribution in [2.75, 3.05) is 0 Å². The van der Waals surface area contributed by atoms with E-state index in [2.05, 4.69) is 10.6 Å². The Labute approximate surface area is 123 Å². The molecule has 0 aromatic heterocycles. The highest BCUT2D eigenvalue weighted by molar-refractivity contribution is 5.82. The molecule has 0 aliphatic carbocycles. The topological polar surface area (TPSA) is 78.4 Å². The number of benzene rings is 1. The minimum absolute atomic E-state index is 0.197. The summed E-state index contributed by atoms with van der Waals surface area (Å²) in [6, 6.07) is 3.97. The number of carboxylic acids is 1. The molecule has 0 aliphatic rings. The Balaban J connectivity index is 2.68. The van der Waals surface area contributed by atoms with Gasteiger partial charge in [-0.15, -0.1) is 0 Å². The van der Waals surface area contributed by atoms with Crippen molar-refractivity contribution in [3.63, 3.8) is 0 Å². The van der Waals surface area contributed by atoms with Crippen LogP contribution in [0, 0.1) is 11.7 Å². The lowest BCUT2D eigenvalue weighted by Gasteiger charge is -2.22. The Morgan fingerprint density at radius 2 is 1.86 bits per heavy atom. The van der Waals surface area contributed by atoms with Gasteiger partial charge < -0.3 is 15.7 Å². The summed E-state index contributed by atoms with van der Waals surface area (Å²) in [5, 5.41) is 14.1. The summed E-state index contributed by atoms with van der Waals surface area (Å²) in [7, 11) is 0. The second kappa shape index (κ2) is 7.61. The van der Waals surface area contributed by atoms with Crippen molar-refractivity contribution in [1.82, 2.24) is 10.6 Å². The van der Waals surface area contributed by atoms with Crippen molar-refractivity contribution in [2.24, 2.45) is 5.92 Å². The number of hydrogen-bond acceptors (Lipinski definition) is 2. The van der Waals surface area contributed by atoms with Gasteiger partial charge in [0.2, 0.25) is 0 Å². The van der Waals surface area contributed by atoms with Crippen molar-refractivity contribution in [3.05, 3.63) is 35.6 Å². The summed E-state index contributed by atoms with van der Waals surface area (Å²) >= 11 is 0. The molecule has 0 saturated heterocycles. The van der Waals surface area contributed by atoms with Crippen LogP contribution in [-0.4, -0.2) is 23.1 Å². The Bertz CT molecular complexity index is 507. The van der Waals surface area contributed by atoms with E-state index in [1.54, 1.807) is 32.0 Å². The molecule has 1 rings (SSSR count). The molecule has 2 unspecified atom stereocenters. The molecule has 1 aromatic carbocycles. The molecular formula is C15H21FN2O3. The highest BCUT2D eigenvalue weighted by Gasteiger charge is 2.26. The zero-order chi connectivity index (χ0) is 16.0. The third-order valence-corrected chi connectivity index (χ3v) is 3.48. The maximum absolute atomic E-state index is 13.6. The average Bonchev–Trinajstić information content (AvgIpc) is 2.44. The van der Waals surface area contributed by atoms with E-state index in [0.717, 1.165) is 0 Å². The average molecular weight is 296 g/mol. The Morgan fingerprint density at radius 1 is 1.24 bits per heavy atom. The van der Waals surface area contributed by atoms with Crippen molar-refractivity contribution in [2.45, 2.75) is 39.3 Å². The smallest absolute Gasteiger partial charge is 0.326 e. The van der Waals surface area contributed by atoms with Crippen molar-refractivity contribution in [1.29, 1.82) is 0 Å². The zero-order valence-corrected chi connectivity index (χ0v) is 12.4. The van der Waals surface area contributed by atoms with Gasteiger partial charge in [-0.3, -0.25) is 0 Å². The zero-order valence-electron chi connectivity index (χ0n) is 12.4. The van der Waals surface area contributed by atoms with Gasteiger partial charge in [0, 0.05) is 5.56 Å². The van der Waals surface area contributed by atoms with Gasteiger partial charge in [0.25, 0.3) is 0 Å². The third-order valence-electron chi connectivity index (χ3n) is 3.48. The summed E-state index contributed by atoms with van der Waals surface area (Å²) in [4.78, 5) is 23.0. The van der Waals surface area contributed by atoms with Crippen molar-refractivity contribution >= 4 is 12.0 Å². The second-order valence-corrected chi connectivity index (χ2v) is 5.06. The lowest BCUT2D eigenvalue weighted by Crippen LogP contribution is -2.49. The van der Waals surface area contributed by atoms with Crippen molar-refractivity contribution in [3.8, 4) is 0 Å². The highest BCUT2D eigenvalue weighted by atomic mass is 19.1. The molecule has 3 N–H and O–H groups in total. The van der Waals surface area contributed by atoms with E-state index in [9.17, 15) is 14.0 Å². The molecule has 0 aliphatic heterocycles. The lowest BCUT2D eigenvalue weighted by molar-refractivity contribution is -0.140. The standard InChI is InChI=1S/C15H21FN2O3/c1-4-9(2)13(14(19)20)18-15(21)17-10(3)11-7-5-6-8-12(11)16/h5-10,13H,4H2,1-3H3,(H,19,20)(H2,17,18,21)/t9?,10?,13-/m0/s1. The number of nitrogens with one attached hydrogen (secondary N) is 2. The molecule has 21 heavy (non-hydrogen) atoms. The Morgan fingerprint density at radius 3 is 2.38 bits per heavy atom. The molecule has 0 saturated carbocycles. The van der Waals surface area contributed by atoms with Crippen LogP contribution in [0.3, 0.4) is 0 Å². The number of carboxylic acid groups (broad SMARTS) is 1. The van der Waals surface area contributed by atoms with Crippen LogP contribution in [0.25, 0.3) is 0 Å². The number of hydrogen-bond donors (Lipinski definition) is 3. The van der Waals surface area contributed by atoms with Crippen LogP contribution in [0.4, 0.5) is 9.18 Å². The predicted molar refractivity (Wildman–Crippen MR) is 77.4 cm³/mol. The summed E-state index contributed by atoms with van der Waals surface area (Å²) in [6.45, 7) is 5.23. The van der Waals surface area contributed by atoms with E-state index >= 15 is 0 Å². The van der Waals surface area contributed by atoms with Gasteiger partial charge in [-0.2, -0.15) is 0 Å². The first kappa shape index (κ1) is 16.9. The van der Waals surface area contributed by atoms with Crippen molar-refractivity contribution < 1.29 is 19.1 Å². The molecule has 0 bridgehead atoms. The molecule has 0 heterocycles. The molecule has 5 nitrogen and oxygen atoms in total. The fraction of sp³-hybridized carbons (Fsp3) is 0.467. The van der Waals surface area contributed by atoms with Crippen LogP contribution in [0.15, 0.2) is 24.3 Å². The summed E-state index contributed by atoms with van der Waals surface area (Å²) in [6.07, 6.45) is 0.625. The molecule has 3 atom stereocenters. The minimum atomic E-state index is -1.09. The van der Waals surface area contributed by atoms with Crippen LogP contribution in [0.5, 0.6) is 0 Å². The van der Waals surface area contributed by atoms with E-state index in [4.69, 9.17) is 5.11 Å². The Kier molecular flexibility index (Phi) is 6.14. The molecule has 0 spiro atoms. The van der Waals surface area contributed by atoms with E-state index in [0.29, 0.717) is 12.0 Å². The first-order valence-electron chi connectivity index (χ1n) is 6.91. The van der Waals surface area contributed by atoms with E-state index < -0.39 is 29.9 Å².